The van der Waals surface area contributed by atoms with Gasteiger partial charge in [0, 0.05) is 11.1 Å². The van der Waals surface area contributed by atoms with Crippen LogP contribution >= 0.6 is 11.5 Å². The molecular formula is C11H10N4S. The largest absolute Gasteiger partial charge is 0.379 e. The van der Waals surface area contributed by atoms with Gasteiger partial charge in [0.25, 0.3) is 0 Å². The fraction of sp³-hybridized carbons (Fsp3) is 0.182. The predicted molar refractivity (Wildman–Crippen MR) is 63.1 cm³/mol. The maximum Gasteiger partial charge on any atom is 0.0995 e. The lowest BCUT2D eigenvalue weighted by molar-refractivity contribution is 0.996. The molecule has 4 nitrogen and oxygen atoms in total. The molecule has 0 aliphatic rings. The van der Waals surface area contributed by atoms with E-state index in [4.69, 9.17) is 5.26 Å². The summed E-state index contributed by atoms with van der Waals surface area (Å²) in [5.74, 6) is 0. The molecule has 0 saturated heterocycles. The van der Waals surface area contributed by atoms with E-state index in [0.29, 0.717) is 12.1 Å². The van der Waals surface area contributed by atoms with Crippen LogP contribution in [0.25, 0.3) is 0 Å². The van der Waals surface area contributed by atoms with Crippen molar-refractivity contribution in [2.75, 3.05) is 5.32 Å². The summed E-state index contributed by atoms with van der Waals surface area (Å²) in [6.45, 7) is 2.56. The average molecular weight is 230 g/mol. The highest BCUT2D eigenvalue weighted by atomic mass is 32.1. The molecule has 0 spiro atoms. The second-order valence-electron chi connectivity index (χ2n) is 3.34. The first-order valence-electron chi connectivity index (χ1n) is 4.81. The van der Waals surface area contributed by atoms with Crippen LogP contribution in [0.2, 0.25) is 0 Å². The molecule has 1 N–H and O–H groups in total. The Morgan fingerprint density at radius 2 is 2.38 bits per heavy atom. The van der Waals surface area contributed by atoms with Crippen LogP contribution in [-0.2, 0) is 6.54 Å². The second-order valence-corrected chi connectivity index (χ2v) is 3.95. The number of rotatable bonds is 3. The van der Waals surface area contributed by atoms with Crippen molar-refractivity contribution in [3.63, 3.8) is 0 Å². The Kier molecular flexibility index (Phi) is 3.13. The number of anilines is 1. The summed E-state index contributed by atoms with van der Waals surface area (Å²) in [5, 5.41) is 18.0. The molecule has 2 aromatic rings. The molecule has 0 saturated carbocycles. The first-order chi connectivity index (χ1) is 7.81. The zero-order valence-corrected chi connectivity index (χ0v) is 9.58. The van der Waals surface area contributed by atoms with Gasteiger partial charge in [-0.15, -0.1) is 5.10 Å². The molecule has 0 aliphatic carbocycles. The Morgan fingerprint density at radius 1 is 1.50 bits per heavy atom. The SMILES string of the molecule is Cc1c(C#N)cccc1NCc1csnn1. The number of aromatic nitrogens is 2. The standard InChI is InChI=1S/C11H10N4S/c1-8-9(5-12)3-2-4-11(8)13-6-10-7-16-15-14-10/h2-4,7,13H,6H2,1H3. The first-order valence-corrected chi connectivity index (χ1v) is 5.64. The van der Waals surface area contributed by atoms with Crippen LogP contribution in [0.5, 0.6) is 0 Å². The molecular weight excluding hydrogens is 220 g/mol. The molecule has 0 aliphatic heterocycles. The number of benzene rings is 1. The van der Waals surface area contributed by atoms with Crippen molar-refractivity contribution in [1.29, 1.82) is 5.26 Å². The number of hydrogen-bond acceptors (Lipinski definition) is 5. The van der Waals surface area contributed by atoms with Crippen molar-refractivity contribution in [3.05, 3.63) is 40.4 Å². The van der Waals surface area contributed by atoms with Gasteiger partial charge in [-0.1, -0.05) is 10.6 Å². The van der Waals surface area contributed by atoms with Gasteiger partial charge in [-0.3, -0.25) is 0 Å². The highest BCUT2D eigenvalue weighted by molar-refractivity contribution is 7.03. The minimum absolute atomic E-state index is 0.631. The molecule has 0 bridgehead atoms. The lowest BCUT2D eigenvalue weighted by Crippen LogP contribution is -2.02. The smallest absolute Gasteiger partial charge is 0.0995 e. The molecule has 2 rings (SSSR count). The zero-order valence-electron chi connectivity index (χ0n) is 8.77. The van der Waals surface area contributed by atoms with Crippen LogP contribution in [-0.4, -0.2) is 9.59 Å². The van der Waals surface area contributed by atoms with Crippen molar-refractivity contribution < 1.29 is 0 Å². The van der Waals surface area contributed by atoms with Crippen molar-refractivity contribution in [3.8, 4) is 6.07 Å². The third-order valence-electron chi connectivity index (χ3n) is 2.32. The van der Waals surface area contributed by atoms with Crippen LogP contribution in [0.15, 0.2) is 23.6 Å². The number of nitrogens with one attached hydrogen (secondary N) is 1. The quantitative estimate of drug-likeness (QED) is 0.879. The molecule has 0 unspecified atom stereocenters. The highest BCUT2D eigenvalue weighted by Gasteiger charge is 2.03. The topological polar surface area (TPSA) is 61.6 Å². The van der Waals surface area contributed by atoms with E-state index in [0.717, 1.165) is 16.9 Å². The minimum Gasteiger partial charge on any atom is -0.379 e. The Morgan fingerprint density at radius 3 is 3.06 bits per heavy atom. The Labute approximate surface area is 97.7 Å². The van der Waals surface area contributed by atoms with Crippen LogP contribution in [0.4, 0.5) is 5.69 Å². The van der Waals surface area contributed by atoms with Crippen molar-refractivity contribution in [2.45, 2.75) is 13.5 Å². The predicted octanol–water partition coefficient (Wildman–Crippen LogP) is 2.33. The first kappa shape index (κ1) is 10.6. The summed E-state index contributed by atoms with van der Waals surface area (Å²) in [5.41, 5.74) is 3.54. The van der Waals surface area contributed by atoms with E-state index in [1.54, 1.807) is 0 Å². The molecule has 0 atom stereocenters. The van der Waals surface area contributed by atoms with Gasteiger partial charge < -0.3 is 5.32 Å². The fourth-order valence-corrected chi connectivity index (χ4v) is 1.85. The van der Waals surface area contributed by atoms with Gasteiger partial charge in [0.05, 0.1) is 23.9 Å². The van der Waals surface area contributed by atoms with E-state index < -0.39 is 0 Å². The van der Waals surface area contributed by atoms with E-state index in [2.05, 4.69) is 21.0 Å². The molecule has 1 aromatic heterocycles. The van der Waals surface area contributed by atoms with Crippen LogP contribution < -0.4 is 5.32 Å². The lowest BCUT2D eigenvalue weighted by Gasteiger charge is -2.08. The Hall–Kier alpha value is -1.93. The molecule has 16 heavy (non-hydrogen) atoms. The minimum atomic E-state index is 0.631. The summed E-state index contributed by atoms with van der Waals surface area (Å²) in [6.07, 6.45) is 0. The van der Waals surface area contributed by atoms with E-state index in [9.17, 15) is 0 Å². The van der Waals surface area contributed by atoms with Gasteiger partial charge in [-0.2, -0.15) is 5.26 Å². The van der Waals surface area contributed by atoms with Crippen molar-refractivity contribution in [1.82, 2.24) is 9.59 Å². The third-order valence-corrected chi connectivity index (χ3v) is 2.87. The maximum atomic E-state index is 8.90. The van der Waals surface area contributed by atoms with Gasteiger partial charge in [-0.05, 0) is 36.2 Å². The van der Waals surface area contributed by atoms with Crippen LogP contribution in [0.1, 0.15) is 16.8 Å². The van der Waals surface area contributed by atoms with E-state index in [1.165, 1.54) is 11.5 Å². The number of nitriles is 1. The van der Waals surface area contributed by atoms with E-state index in [-0.39, 0.29) is 0 Å². The normalized spacial score (nSPS) is 9.75. The number of hydrogen-bond donors (Lipinski definition) is 1. The van der Waals surface area contributed by atoms with Gasteiger partial charge in [-0.25, -0.2) is 0 Å². The van der Waals surface area contributed by atoms with E-state index in [1.807, 2.05) is 30.5 Å². The molecule has 1 heterocycles. The maximum absolute atomic E-state index is 8.90. The van der Waals surface area contributed by atoms with Gasteiger partial charge in [0.1, 0.15) is 0 Å². The molecule has 0 amide bonds. The zero-order chi connectivity index (χ0) is 11.4. The second kappa shape index (κ2) is 4.73. The van der Waals surface area contributed by atoms with Gasteiger partial charge in [0.2, 0.25) is 0 Å². The van der Waals surface area contributed by atoms with Gasteiger partial charge in [0.15, 0.2) is 0 Å². The highest BCUT2D eigenvalue weighted by Crippen LogP contribution is 2.18. The molecule has 5 heteroatoms. The molecule has 80 valence electrons. The molecule has 0 radical (unpaired) electrons. The van der Waals surface area contributed by atoms with E-state index >= 15 is 0 Å². The van der Waals surface area contributed by atoms with Crippen molar-refractivity contribution >= 4 is 17.2 Å². The summed E-state index contributed by atoms with van der Waals surface area (Å²) in [7, 11) is 0. The Balaban J connectivity index is 2.13. The average Bonchev–Trinajstić information content (AvgIpc) is 2.81. The molecule has 0 fully saturated rings. The van der Waals surface area contributed by atoms with Crippen LogP contribution in [0.3, 0.4) is 0 Å². The Bertz CT molecular complexity index is 513. The third kappa shape index (κ3) is 2.18. The number of nitrogens with zero attached hydrogens (tertiary/aromatic N) is 3. The summed E-state index contributed by atoms with van der Waals surface area (Å²) in [4.78, 5) is 0. The van der Waals surface area contributed by atoms with Crippen LogP contribution in [0, 0.1) is 18.3 Å². The summed E-state index contributed by atoms with van der Waals surface area (Å²) < 4.78 is 3.79. The van der Waals surface area contributed by atoms with Crippen molar-refractivity contribution in [2.24, 2.45) is 0 Å². The monoisotopic (exact) mass is 230 g/mol. The lowest BCUT2D eigenvalue weighted by atomic mass is 10.1. The summed E-state index contributed by atoms with van der Waals surface area (Å²) in [6, 6.07) is 7.80. The molecule has 1 aromatic carbocycles. The summed E-state index contributed by atoms with van der Waals surface area (Å²) >= 11 is 1.33. The fourth-order valence-electron chi connectivity index (χ4n) is 1.40. The van der Waals surface area contributed by atoms with Gasteiger partial charge >= 0.3 is 0 Å².